The van der Waals surface area contributed by atoms with Gasteiger partial charge in [0.25, 0.3) is 0 Å². The van der Waals surface area contributed by atoms with Gasteiger partial charge in [-0.3, -0.25) is 0 Å². The molecular weight excluding hydrogens is 206 g/mol. The first kappa shape index (κ1) is 8.78. The summed E-state index contributed by atoms with van der Waals surface area (Å²) in [5, 5.41) is 0.736. The molecule has 1 aromatic rings. The van der Waals surface area contributed by atoms with Crippen LogP contribution in [-0.4, -0.2) is 4.98 Å². The van der Waals surface area contributed by atoms with Gasteiger partial charge < -0.3 is 4.42 Å². The van der Waals surface area contributed by atoms with Crippen molar-refractivity contribution in [3.8, 4) is 0 Å². The van der Waals surface area contributed by atoms with Gasteiger partial charge in [0, 0.05) is 5.41 Å². The summed E-state index contributed by atoms with van der Waals surface area (Å²) < 4.78 is 5.18. The molecule has 0 fully saturated rings. The Kier molecular flexibility index (Phi) is 2.37. The molecule has 0 aromatic carbocycles. The average Bonchev–Trinajstić information content (AvgIpc) is 2.31. The highest BCUT2D eigenvalue weighted by Crippen LogP contribution is 2.25. The second kappa shape index (κ2) is 2.97. The number of oxazole rings is 1. The van der Waals surface area contributed by atoms with Gasteiger partial charge in [-0.15, -0.1) is 0 Å². The Morgan fingerprint density at radius 1 is 1.55 bits per heavy atom. The molecule has 0 saturated carbocycles. The van der Waals surface area contributed by atoms with Crippen LogP contribution in [0.25, 0.3) is 0 Å². The molecule has 1 aromatic heterocycles. The molecule has 0 amide bonds. The van der Waals surface area contributed by atoms with E-state index in [1.807, 2.05) is 0 Å². The number of hydrogen-bond acceptors (Lipinski definition) is 2. The van der Waals surface area contributed by atoms with Crippen LogP contribution in [-0.2, 0) is 10.7 Å². The molecule has 0 saturated heterocycles. The van der Waals surface area contributed by atoms with Crippen molar-refractivity contribution in [2.45, 2.75) is 31.5 Å². The van der Waals surface area contributed by atoms with E-state index >= 15 is 0 Å². The molecule has 0 spiro atoms. The molecule has 0 aliphatic heterocycles. The molecule has 0 atom stereocenters. The van der Waals surface area contributed by atoms with Gasteiger partial charge in [0.2, 0.25) is 0 Å². The van der Waals surface area contributed by atoms with Gasteiger partial charge in [-0.1, -0.05) is 36.7 Å². The van der Waals surface area contributed by atoms with Gasteiger partial charge in [-0.2, -0.15) is 0 Å². The van der Waals surface area contributed by atoms with Crippen LogP contribution in [0.3, 0.4) is 0 Å². The molecule has 1 rings (SSSR count). The number of alkyl halides is 1. The molecule has 11 heavy (non-hydrogen) atoms. The van der Waals surface area contributed by atoms with Crippen molar-refractivity contribution in [2.24, 2.45) is 0 Å². The fourth-order valence-electron chi connectivity index (χ4n) is 0.977. The van der Waals surface area contributed by atoms with Crippen molar-refractivity contribution in [3.63, 3.8) is 0 Å². The molecule has 3 heteroatoms. The molecule has 1 heterocycles. The predicted octanol–water partition coefficient (Wildman–Crippen LogP) is 2.87. The zero-order valence-electron chi connectivity index (χ0n) is 7.02. The fourth-order valence-corrected chi connectivity index (χ4v) is 1.37. The van der Waals surface area contributed by atoms with Crippen LogP contribution in [0.4, 0.5) is 0 Å². The Balaban J connectivity index is 3.02. The normalized spacial score (nSPS) is 12.0. The summed E-state index contributed by atoms with van der Waals surface area (Å²) in [7, 11) is 0. The van der Waals surface area contributed by atoms with Gasteiger partial charge in [-0.05, 0) is 0 Å². The lowest BCUT2D eigenvalue weighted by atomic mass is 9.91. The number of nitrogens with zero attached hydrogens (tertiary/aromatic N) is 1. The van der Waals surface area contributed by atoms with Crippen LogP contribution in [0.1, 0.15) is 32.2 Å². The van der Waals surface area contributed by atoms with Crippen LogP contribution in [0.2, 0.25) is 0 Å². The van der Waals surface area contributed by atoms with Crippen molar-refractivity contribution in [1.29, 1.82) is 0 Å². The second-order valence-electron chi connectivity index (χ2n) is 3.51. The maximum atomic E-state index is 5.18. The first-order chi connectivity index (χ1) is 5.05. The lowest BCUT2D eigenvalue weighted by Crippen LogP contribution is -2.13. The van der Waals surface area contributed by atoms with E-state index in [1.165, 1.54) is 6.39 Å². The SMILES string of the molecule is CC(C)(C)c1ncoc1CBr. The Bertz CT molecular complexity index is 236. The minimum Gasteiger partial charge on any atom is -0.447 e. The third kappa shape index (κ3) is 1.83. The molecule has 62 valence electrons. The van der Waals surface area contributed by atoms with Crippen LogP contribution in [0, 0.1) is 0 Å². The lowest BCUT2D eigenvalue weighted by molar-refractivity contribution is 0.504. The number of aromatic nitrogens is 1. The van der Waals surface area contributed by atoms with E-state index in [-0.39, 0.29) is 5.41 Å². The van der Waals surface area contributed by atoms with Gasteiger partial charge in [0.05, 0.1) is 11.0 Å². The fraction of sp³-hybridized carbons (Fsp3) is 0.625. The van der Waals surface area contributed by atoms with Crippen LogP contribution in [0.15, 0.2) is 10.8 Å². The Morgan fingerprint density at radius 3 is 2.55 bits per heavy atom. The van der Waals surface area contributed by atoms with Gasteiger partial charge >= 0.3 is 0 Å². The summed E-state index contributed by atoms with van der Waals surface area (Å²) >= 11 is 3.35. The molecule has 2 nitrogen and oxygen atoms in total. The topological polar surface area (TPSA) is 26.0 Å². The summed E-state index contributed by atoms with van der Waals surface area (Å²) in [6.45, 7) is 6.37. The smallest absolute Gasteiger partial charge is 0.181 e. The first-order valence-corrected chi connectivity index (χ1v) is 4.66. The largest absolute Gasteiger partial charge is 0.447 e. The second-order valence-corrected chi connectivity index (χ2v) is 4.07. The average molecular weight is 218 g/mol. The van der Waals surface area contributed by atoms with Crippen molar-refractivity contribution < 1.29 is 4.42 Å². The number of hydrogen-bond donors (Lipinski definition) is 0. The highest BCUT2D eigenvalue weighted by molar-refractivity contribution is 9.08. The van der Waals surface area contributed by atoms with Crippen LogP contribution in [0.5, 0.6) is 0 Å². The molecule has 0 unspecified atom stereocenters. The zero-order chi connectivity index (χ0) is 8.48. The van der Waals surface area contributed by atoms with E-state index in [0.29, 0.717) is 0 Å². The Labute approximate surface area is 75.1 Å². The minimum atomic E-state index is 0.0795. The standard InChI is InChI=1S/C8H12BrNO/c1-8(2,3)7-6(4-9)11-5-10-7/h5H,4H2,1-3H3. The number of rotatable bonds is 1. The minimum absolute atomic E-state index is 0.0795. The van der Waals surface area contributed by atoms with Crippen LogP contribution < -0.4 is 0 Å². The number of halogens is 1. The molecule has 0 aliphatic carbocycles. The molecule has 0 radical (unpaired) electrons. The van der Waals surface area contributed by atoms with E-state index in [2.05, 4.69) is 41.7 Å². The predicted molar refractivity (Wildman–Crippen MR) is 47.8 cm³/mol. The molecule has 0 N–H and O–H groups in total. The first-order valence-electron chi connectivity index (χ1n) is 3.54. The monoisotopic (exact) mass is 217 g/mol. The van der Waals surface area contributed by atoms with Crippen molar-refractivity contribution >= 4 is 15.9 Å². The zero-order valence-corrected chi connectivity index (χ0v) is 8.60. The van der Waals surface area contributed by atoms with E-state index in [1.54, 1.807) is 0 Å². The van der Waals surface area contributed by atoms with Gasteiger partial charge in [0.1, 0.15) is 5.76 Å². The van der Waals surface area contributed by atoms with Gasteiger partial charge in [0.15, 0.2) is 6.39 Å². The lowest BCUT2D eigenvalue weighted by Gasteiger charge is -2.15. The third-order valence-electron chi connectivity index (χ3n) is 1.47. The highest BCUT2D eigenvalue weighted by atomic mass is 79.9. The van der Waals surface area contributed by atoms with E-state index in [0.717, 1.165) is 16.8 Å². The van der Waals surface area contributed by atoms with E-state index in [9.17, 15) is 0 Å². The van der Waals surface area contributed by atoms with Crippen molar-refractivity contribution in [2.75, 3.05) is 0 Å². The Hall–Kier alpha value is -0.310. The van der Waals surface area contributed by atoms with Crippen molar-refractivity contribution in [3.05, 3.63) is 17.8 Å². The van der Waals surface area contributed by atoms with Crippen molar-refractivity contribution in [1.82, 2.24) is 4.98 Å². The summed E-state index contributed by atoms with van der Waals surface area (Å²) in [6, 6.07) is 0. The highest BCUT2D eigenvalue weighted by Gasteiger charge is 2.21. The maximum Gasteiger partial charge on any atom is 0.181 e. The molecule has 0 bridgehead atoms. The van der Waals surface area contributed by atoms with E-state index in [4.69, 9.17) is 4.42 Å². The third-order valence-corrected chi connectivity index (χ3v) is 1.98. The summed E-state index contributed by atoms with van der Waals surface area (Å²) in [5.74, 6) is 0.928. The van der Waals surface area contributed by atoms with E-state index < -0.39 is 0 Å². The quantitative estimate of drug-likeness (QED) is 0.677. The summed E-state index contributed by atoms with van der Waals surface area (Å²) in [6.07, 6.45) is 1.50. The molecular formula is C8H12BrNO. The van der Waals surface area contributed by atoms with Crippen LogP contribution >= 0.6 is 15.9 Å². The Morgan fingerprint density at radius 2 is 2.18 bits per heavy atom. The maximum absolute atomic E-state index is 5.18. The molecule has 0 aliphatic rings. The van der Waals surface area contributed by atoms with Gasteiger partial charge in [-0.25, -0.2) is 4.98 Å². The summed E-state index contributed by atoms with van der Waals surface area (Å²) in [5.41, 5.74) is 1.12. The summed E-state index contributed by atoms with van der Waals surface area (Å²) in [4.78, 5) is 4.16.